The number of fused-ring (bicyclic) bond motifs is 1. The lowest BCUT2D eigenvalue weighted by molar-refractivity contribution is -0.140. The molecule has 0 aromatic heterocycles. The zero-order valence-corrected chi connectivity index (χ0v) is 28.5. The van der Waals surface area contributed by atoms with Crippen molar-refractivity contribution in [3.05, 3.63) is 83.9 Å². The second-order valence-electron chi connectivity index (χ2n) is 14.0. The maximum Gasteiger partial charge on any atom is 0.475 e. The molecule has 0 spiro atoms. The number of carbonyl (C=O) groups is 4. The molecule has 0 bridgehead atoms. The molecule has 5 N–H and O–H groups in total. The number of hydrogen-bond acceptors (Lipinski definition) is 6. The highest BCUT2D eigenvalue weighted by Crippen LogP contribution is 2.29. The summed E-state index contributed by atoms with van der Waals surface area (Å²) in [5.74, 6) is -2.45. The highest BCUT2D eigenvalue weighted by molar-refractivity contribution is 6.43. The molecule has 4 atom stereocenters. The summed E-state index contributed by atoms with van der Waals surface area (Å²) in [6.45, 7) is 3.62. The first kappa shape index (κ1) is 36.1. The van der Waals surface area contributed by atoms with E-state index in [0.717, 1.165) is 48.4 Å². The molecular formula is C38H49BN4O6. The lowest BCUT2D eigenvalue weighted by atomic mass is 9.73. The van der Waals surface area contributed by atoms with Gasteiger partial charge >= 0.3 is 7.12 Å². The summed E-state index contributed by atoms with van der Waals surface area (Å²) in [6, 6.07) is 20.5. The number of nitrogens with zero attached hydrogens (tertiary/aromatic N) is 1. The number of carbonyl (C=O) groups excluding carboxylic acids is 4. The topological polar surface area (TPSA) is 148 Å². The molecule has 0 radical (unpaired) electrons. The lowest BCUT2D eigenvalue weighted by Crippen LogP contribution is -2.57. The SMILES string of the molecule is CC(C)[C@H](NC(=O)[C@@H]1C[C@@H](NC(=O)CCc2ccccc2)CN1C(=O)[C@@H](CC1CCCCC1)NC(=O)c1ccc2ccccc2c1)B(O)O. The molecule has 1 aliphatic carbocycles. The molecule has 5 rings (SSSR count). The van der Waals surface area contributed by atoms with Crippen LogP contribution in [-0.4, -0.2) is 76.3 Å². The van der Waals surface area contributed by atoms with Gasteiger partial charge in [0.2, 0.25) is 17.7 Å². The van der Waals surface area contributed by atoms with Crippen LogP contribution < -0.4 is 16.0 Å². The van der Waals surface area contributed by atoms with Crippen LogP contribution in [0.25, 0.3) is 10.8 Å². The molecule has 1 heterocycles. The summed E-state index contributed by atoms with van der Waals surface area (Å²) in [5, 5.41) is 30.6. The second-order valence-corrected chi connectivity index (χ2v) is 14.0. The molecule has 2 fully saturated rings. The molecule has 10 nitrogen and oxygen atoms in total. The van der Waals surface area contributed by atoms with Crippen LogP contribution in [0.15, 0.2) is 72.8 Å². The predicted octanol–water partition coefficient (Wildman–Crippen LogP) is 3.78. The van der Waals surface area contributed by atoms with E-state index in [1.807, 2.05) is 66.7 Å². The largest absolute Gasteiger partial charge is 0.475 e. The van der Waals surface area contributed by atoms with Crippen molar-refractivity contribution in [2.75, 3.05) is 6.54 Å². The summed E-state index contributed by atoms with van der Waals surface area (Å²) >= 11 is 0. The molecule has 49 heavy (non-hydrogen) atoms. The van der Waals surface area contributed by atoms with E-state index in [9.17, 15) is 29.2 Å². The van der Waals surface area contributed by atoms with Crippen molar-refractivity contribution in [2.45, 2.75) is 95.7 Å². The van der Waals surface area contributed by atoms with Crippen LogP contribution in [0.3, 0.4) is 0 Å². The third-order valence-electron chi connectivity index (χ3n) is 9.99. The normalized spacial score (nSPS) is 19.3. The van der Waals surface area contributed by atoms with E-state index in [0.29, 0.717) is 18.4 Å². The van der Waals surface area contributed by atoms with Gasteiger partial charge in [-0.2, -0.15) is 0 Å². The van der Waals surface area contributed by atoms with Crippen LogP contribution in [0.4, 0.5) is 0 Å². The van der Waals surface area contributed by atoms with Gasteiger partial charge in [-0.3, -0.25) is 19.2 Å². The predicted molar refractivity (Wildman–Crippen MR) is 190 cm³/mol. The summed E-state index contributed by atoms with van der Waals surface area (Å²) < 4.78 is 0. The van der Waals surface area contributed by atoms with Crippen LogP contribution in [0, 0.1) is 11.8 Å². The third kappa shape index (κ3) is 9.70. The maximum absolute atomic E-state index is 14.5. The van der Waals surface area contributed by atoms with Gasteiger partial charge in [-0.25, -0.2) is 0 Å². The molecule has 1 saturated carbocycles. The molecule has 1 saturated heterocycles. The van der Waals surface area contributed by atoms with Gasteiger partial charge in [-0.15, -0.1) is 0 Å². The Morgan fingerprint density at radius 2 is 1.57 bits per heavy atom. The van der Waals surface area contributed by atoms with Crippen molar-refractivity contribution in [2.24, 2.45) is 11.8 Å². The highest BCUT2D eigenvalue weighted by Gasteiger charge is 2.44. The van der Waals surface area contributed by atoms with Crippen LogP contribution in [0.5, 0.6) is 0 Å². The van der Waals surface area contributed by atoms with Crippen LogP contribution in [0.2, 0.25) is 0 Å². The van der Waals surface area contributed by atoms with Gasteiger partial charge in [0.25, 0.3) is 5.91 Å². The van der Waals surface area contributed by atoms with Gasteiger partial charge in [0.1, 0.15) is 12.1 Å². The number of benzene rings is 3. The van der Waals surface area contributed by atoms with Crippen LogP contribution >= 0.6 is 0 Å². The molecular weight excluding hydrogens is 619 g/mol. The Balaban J connectivity index is 1.37. The smallest absolute Gasteiger partial charge is 0.426 e. The van der Waals surface area contributed by atoms with Crippen LogP contribution in [-0.2, 0) is 20.8 Å². The van der Waals surface area contributed by atoms with E-state index >= 15 is 0 Å². The van der Waals surface area contributed by atoms with E-state index < -0.39 is 37.1 Å². The van der Waals surface area contributed by atoms with Gasteiger partial charge in [0.15, 0.2) is 0 Å². The molecule has 3 aromatic rings. The van der Waals surface area contributed by atoms with E-state index in [1.54, 1.807) is 19.9 Å². The van der Waals surface area contributed by atoms with E-state index in [4.69, 9.17) is 0 Å². The lowest BCUT2D eigenvalue weighted by Gasteiger charge is -2.32. The molecule has 0 unspecified atom stereocenters. The number of hydrogen-bond donors (Lipinski definition) is 5. The summed E-state index contributed by atoms with van der Waals surface area (Å²) in [4.78, 5) is 56.5. The van der Waals surface area contributed by atoms with Gasteiger partial charge in [0.05, 0.1) is 5.94 Å². The van der Waals surface area contributed by atoms with E-state index in [1.165, 1.54) is 4.90 Å². The average Bonchev–Trinajstić information content (AvgIpc) is 3.53. The molecule has 2 aliphatic rings. The monoisotopic (exact) mass is 668 g/mol. The summed E-state index contributed by atoms with van der Waals surface area (Å²) in [5.41, 5.74) is 1.48. The molecule has 4 amide bonds. The molecule has 11 heteroatoms. The van der Waals surface area contributed by atoms with Gasteiger partial charge in [-0.05, 0) is 59.6 Å². The fourth-order valence-corrected chi connectivity index (χ4v) is 7.23. The van der Waals surface area contributed by atoms with Gasteiger partial charge < -0.3 is 30.9 Å². The third-order valence-corrected chi connectivity index (χ3v) is 9.99. The standard InChI is InChI=1S/C38H49BN4O6/c1-25(2)35(39(48)49)42-37(46)33-23-31(40-34(44)20-17-26-11-5-3-6-12-26)24-43(33)38(47)32(21-27-13-7-4-8-14-27)41-36(45)30-19-18-28-15-9-10-16-29(28)22-30/h3,5-6,9-12,15-16,18-19,22,25,27,31-33,35,48-49H,4,7-8,13-14,17,20-21,23-24H2,1-2H3,(H,40,44)(H,41,45)(H,42,46)/t31-,32-,33+,35+/m1/s1. The zero-order chi connectivity index (χ0) is 34.9. The van der Waals surface area contributed by atoms with E-state index in [-0.39, 0.29) is 48.9 Å². The quantitative estimate of drug-likeness (QED) is 0.175. The number of rotatable bonds is 13. The minimum absolute atomic E-state index is 0.0923. The second kappa shape index (κ2) is 16.9. The van der Waals surface area contributed by atoms with Gasteiger partial charge in [-0.1, -0.05) is 107 Å². The Morgan fingerprint density at radius 3 is 2.27 bits per heavy atom. The highest BCUT2D eigenvalue weighted by atomic mass is 16.4. The molecule has 1 aliphatic heterocycles. The Morgan fingerprint density at radius 1 is 0.878 bits per heavy atom. The number of aryl methyl sites for hydroxylation is 1. The Hall–Kier alpha value is -4.22. The van der Waals surface area contributed by atoms with Crippen molar-refractivity contribution in [3.8, 4) is 0 Å². The molecule has 3 aromatic carbocycles. The number of nitrogens with one attached hydrogen (secondary N) is 3. The maximum atomic E-state index is 14.5. The Labute approximate surface area is 289 Å². The average molecular weight is 669 g/mol. The molecule has 260 valence electrons. The first-order chi connectivity index (χ1) is 23.6. The summed E-state index contributed by atoms with van der Waals surface area (Å²) in [6.07, 6.45) is 6.62. The number of likely N-dealkylation sites (tertiary alicyclic amines) is 1. The van der Waals surface area contributed by atoms with Gasteiger partial charge in [0, 0.05) is 24.6 Å². The van der Waals surface area contributed by atoms with Crippen molar-refractivity contribution < 1.29 is 29.2 Å². The minimum Gasteiger partial charge on any atom is -0.426 e. The Bertz CT molecular complexity index is 1590. The number of amides is 4. The first-order valence-corrected chi connectivity index (χ1v) is 17.7. The van der Waals surface area contributed by atoms with Crippen molar-refractivity contribution in [3.63, 3.8) is 0 Å². The summed E-state index contributed by atoms with van der Waals surface area (Å²) in [7, 11) is -1.79. The zero-order valence-electron chi connectivity index (χ0n) is 28.5. The fraction of sp³-hybridized carbons (Fsp3) is 0.474. The van der Waals surface area contributed by atoms with E-state index in [2.05, 4.69) is 16.0 Å². The van der Waals surface area contributed by atoms with Crippen LogP contribution in [0.1, 0.15) is 81.1 Å². The fourth-order valence-electron chi connectivity index (χ4n) is 7.23. The minimum atomic E-state index is -1.79. The first-order valence-electron chi connectivity index (χ1n) is 17.7. The van der Waals surface area contributed by atoms with Crippen molar-refractivity contribution in [1.29, 1.82) is 0 Å². The Kier molecular flexibility index (Phi) is 12.5. The van der Waals surface area contributed by atoms with Crippen molar-refractivity contribution >= 4 is 41.5 Å². The van der Waals surface area contributed by atoms with Crippen molar-refractivity contribution in [1.82, 2.24) is 20.9 Å².